The molecule has 0 bridgehead atoms. The number of hydrogen-bond acceptors (Lipinski definition) is 13. The first-order valence-electron chi connectivity index (χ1n) is 17.9. The molecule has 1 aliphatic carbocycles. The van der Waals surface area contributed by atoms with E-state index in [1.807, 2.05) is 0 Å². The van der Waals surface area contributed by atoms with E-state index in [1.54, 1.807) is 64.1 Å². The first-order chi connectivity index (χ1) is 26.3. The van der Waals surface area contributed by atoms with Gasteiger partial charge < -0.3 is 23.3 Å². The Morgan fingerprint density at radius 2 is 1.30 bits per heavy atom. The molecule has 0 amide bonds. The van der Waals surface area contributed by atoms with Gasteiger partial charge in [0.1, 0.15) is 23.6 Å². The molecule has 0 radical (unpaired) electrons. The van der Waals surface area contributed by atoms with Crippen LogP contribution in [0.1, 0.15) is 54.7 Å². The van der Waals surface area contributed by atoms with Gasteiger partial charge in [-0.3, -0.25) is 33.0 Å². The molecule has 0 spiro atoms. The second-order valence-corrected chi connectivity index (χ2v) is 17.6. The van der Waals surface area contributed by atoms with Gasteiger partial charge in [-0.1, -0.05) is 36.4 Å². The Bertz CT molecular complexity index is 2070. The van der Waals surface area contributed by atoms with Gasteiger partial charge in [-0.2, -0.15) is 10.2 Å². The maximum absolute atomic E-state index is 17.2. The van der Waals surface area contributed by atoms with Gasteiger partial charge in [0.05, 0.1) is 36.4 Å². The van der Waals surface area contributed by atoms with Gasteiger partial charge in [-0.15, -0.1) is 0 Å². The topological polar surface area (TPSA) is 212 Å². The van der Waals surface area contributed by atoms with Crippen LogP contribution in [0.3, 0.4) is 0 Å². The maximum Gasteiger partial charge on any atom is 0.459 e. The summed E-state index contributed by atoms with van der Waals surface area (Å²) in [5.41, 5.74) is -5.02. The minimum absolute atomic E-state index is 0.0935. The van der Waals surface area contributed by atoms with E-state index in [2.05, 4.69) is 15.2 Å². The van der Waals surface area contributed by atoms with Gasteiger partial charge in [-0.05, 0) is 72.7 Å². The molecule has 1 aromatic heterocycles. The molecule has 3 N–H and O–H groups in total. The smallest absolute Gasteiger partial charge is 0.459 e. The number of nitrogens with zero attached hydrogens (tertiary/aromatic N) is 1. The van der Waals surface area contributed by atoms with Crippen LogP contribution in [0, 0.1) is 11.3 Å². The highest BCUT2D eigenvalue weighted by molar-refractivity contribution is 7.52. The number of carbonyl (C=O) groups excluding carboxylic acids is 2. The Hall–Kier alpha value is -4.15. The van der Waals surface area contributed by atoms with Crippen LogP contribution in [-0.4, -0.2) is 70.8 Å². The van der Waals surface area contributed by atoms with Gasteiger partial charge >= 0.3 is 33.1 Å². The highest BCUT2D eigenvalue weighted by Gasteiger charge is 2.85. The molecular formula is C36H47FN4O13P2. The lowest BCUT2D eigenvalue weighted by molar-refractivity contribution is -0.150. The number of para-hydroxylation sites is 2. The number of H-pyrrole nitrogens is 1. The molecular weight excluding hydrogens is 777 g/mol. The molecule has 2 aliphatic rings. The SMILES string of the molecule is CC(C)OC(=O)[C@H](C)NP(=O)(OC[C@H]1C2(C)O[C@@H](n3ccc(=O)[nH]c3=O)C(F)C12COP(=O)(N[C@@H](C)C(=O)OC(C)C)Oc1ccccc1)Oc1ccccc1. The lowest BCUT2D eigenvalue weighted by Crippen LogP contribution is -2.40. The first kappa shape index (κ1) is 43.0. The van der Waals surface area contributed by atoms with Crippen molar-refractivity contribution in [3.8, 4) is 11.5 Å². The molecule has 20 heteroatoms. The third-order valence-corrected chi connectivity index (χ3v) is 12.6. The maximum atomic E-state index is 17.2. The number of ether oxygens (including phenoxy) is 3. The summed E-state index contributed by atoms with van der Waals surface area (Å²) in [5, 5.41) is 5.15. The molecule has 2 heterocycles. The number of halogens is 1. The fourth-order valence-corrected chi connectivity index (χ4v) is 9.55. The van der Waals surface area contributed by atoms with Crippen molar-refractivity contribution in [2.24, 2.45) is 11.3 Å². The van der Waals surface area contributed by atoms with E-state index in [4.69, 9.17) is 32.3 Å². The molecule has 1 saturated carbocycles. The summed E-state index contributed by atoms with van der Waals surface area (Å²) in [7, 11) is -9.03. The van der Waals surface area contributed by atoms with Crippen LogP contribution >= 0.6 is 15.5 Å². The summed E-state index contributed by atoms with van der Waals surface area (Å²) in [6, 6.07) is 14.5. The monoisotopic (exact) mass is 824 g/mol. The minimum Gasteiger partial charge on any atom is -0.462 e. The van der Waals surface area contributed by atoms with E-state index in [1.165, 1.54) is 45.0 Å². The van der Waals surface area contributed by atoms with Crippen LogP contribution in [0.15, 0.2) is 82.5 Å². The zero-order valence-electron chi connectivity index (χ0n) is 31.9. The number of rotatable bonds is 19. The lowest BCUT2D eigenvalue weighted by atomic mass is 9.96. The molecule has 17 nitrogen and oxygen atoms in total. The molecule has 306 valence electrons. The van der Waals surface area contributed by atoms with E-state index >= 15 is 4.39 Å². The van der Waals surface area contributed by atoms with Crippen molar-refractivity contribution in [3.63, 3.8) is 0 Å². The molecule has 56 heavy (non-hydrogen) atoms. The molecule has 5 unspecified atom stereocenters. The third kappa shape index (κ3) is 9.51. The first-order valence-corrected chi connectivity index (χ1v) is 21.0. The summed E-state index contributed by atoms with van der Waals surface area (Å²) < 4.78 is 87.0. The van der Waals surface area contributed by atoms with Crippen molar-refractivity contribution in [2.45, 2.75) is 90.8 Å². The van der Waals surface area contributed by atoms with Crippen LogP contribution in [-0.2, 0) is 42.0 Å². The van der Waals surface area contributed by atoms with Gasteiger partial charge in [0.15, 0.2) is 12.4 Å². The minimum atomic E-state index is -4.57. The van der Waals surface area contributed by atoms with Gasteiger partial charge in [-0.25, -0.2) is 18.3 Å². The standard InChI is InChI=1S/C36H47FN4O13P2/c1-22(2)50-32(43)24(5)39-55(46,53-26-14-10-8-11-15-26)48-20-28-35(7)36(28,30(37)31(52-35)41-19-18-29(42)38-34(41)45)21-49-56(47,54-27-16-12-9-13-17-27)40-25(6)33(44)51-23(3)4/h8-19,22-25,28,30-31H,20-21H2,1-7H3,(H,39,46)(H,40,47)(H,38,42,45)/t24-,25-,28-,30?,31+,35?,36?,55?,56?/m0/s1. The Morgan fingerprint density at radius 3 is 1.77 bits per heavy atom. The van der Waals surface area contributed by atoms with Gasteiger partial charge in [0.25, 0.3) is 5.56 Å². The van der Waals surface area contributed by atoms with E-state index < -0.39 is 106 Å². The molecule has 1 saturated heterocycles. The number of hydrogen-bond donors (Lipinski definition) is 3. The van der Waals surface area contributed by atoms with E-state index in [-0.39, 0.29) is 11.5 Å². The molecule has 3 aromatic rings. The second-order valence-electron chi connectivity index (χ2n) is 14.2. The van der Waals surface area contributed by atoms with Crippen molar-refractivity contribution >= 4 is 27.4 Å². The predicted molar refractivity (Wildman–Crippen MR) is 200 cm³/mol. The summed E-state index contributed by atoms with van der Waals surface area (Å²) in [6.07, 6.45) is -3.62. The fraction of sp³-hybridized carbons (Fsp3) is 0.500. The van der Waals surface area contributed by atoms with Crippen LogP contribution in [0.2, 0.25) is 0 Å². The van der Waals surface area contributed by atoms with E-state index in [0.29, 0.717) is 0 Å². The zero-order valence-corrected chi connectivity index (χ0v) is 33.7. The highest BCUT2D eigenvalue weighted by atomic mass is 31.2. The van der Waals surface area contributed by atoms with Crippen LogP contribution in [0.5, 0.6) is 11.5 Å². The Labute approximate surface area is 322 Å². The van der Waals surface area contributed by atoms with Crippen LogP contribution in [0.25, 0.3) is 0 Å². The number of esters is 2. The van der Waals surface area contributed by atoms with Crippen LogP contribution in [0.4, 0.5) is 4.39 Å². The Kier molecular flexibility index (Phi) is 13.2. The summed E-state index contributed by atoms with van der Waals surface area (Å²) >= 11 is 0. The van der Waals surface area contributed by atoms with Crippen LogP contribution < -0.4 is 30.5 Å². The van der Waals surface area contributed by atoms with Crippen molar-refractivity contribution in [3.05, 3.63) is 93.8 Å². The van der Waals surface area contributed by atoms with E-state index in [0.717, 1.165) is 16.8 Å². The Morgan fingerprint density at radius 1 is 0.821 bits per heavy atom. The normalized spacial score (nSPS) is 26.0. The van der Waals surface area contributed by atoms with Gasteiger partial charge in [0.2, 0.25) is 0 Å². The molecule has 2 fully saturated rings. The van der Waals surface area contributed by atoms with Gasteiger partial charge in [0, 0.05) is 18.2 Å². The number of alkyl halides is 1. The quantitative estimate of drug-likeness (QED) is 0.107. The molecule has 9 atom stereocenters. The summed E-state index contributed by atoms with van der Waals surface area (Å²) in [6.45, 7) is 9.61. The number of fused-ring (bicyclic) bond motifs is 1. The lowest BCUT2D eigenvalue weighted by Gasteiger charge is -2.28. The number of aromatic nitrogens is 2. The third-order valence-electron chi connectivity index (χ3n) is 9.30. The predicted octanol–water partition coefficient (Wildman–Crippen LogP) is 5.05. The Balaban J connectivity index is 1.48. The van der Waals surface area contributed by atoms with Crippen molar-refractivity contribution in [1.29, 1.82) is 0 Å². The van der Waals surface area contributed by atoms with E-state index in [9.17, 15) is 28.3 Å². The second kappa shape index (κ2) is 17.1. The zero-order chi connectivity index (χ0) is 41.1. The number of aromatic amines is 1. The molecule has 5 rings (SSSR count). The van der Waals surface area contributed by atoms with Crippen molar-refractivity contribution < 1.29 is 55.4 Å². The average molecular weight is 825 g/mol. The van der Waals surface area contributed by atoms with Crippen molar-refractivity contribution in [1.82, 2.24) is 19.7 Å². The fourth-order valence-electron chi connectivity index (χ4n) is 6.50. The number of nitrogens with one attached hydrogen (secondary N) is 3. The molecule has 1 aliphatic heterocycles. The summed E-state index contributed by atoms with van der Waals surface area (Å²) in [5.74, 6) is -2.31. The summed E-state index contributed by atoms with van der Waals surface area (Å²) in [4.78, 5) is 52.2. The van der Waals surface area contributed by atoms with Crippen molar-refractivity contribution in [2.75, 3.05) is 13.2 Å². The average Bonchev–Trinajstić information content (AvgIpc) is 3.55. The number of benzene rings is 2. The number of carbonyl (C=O) groups is 2. The highest BCUT2D eigenvalue weighted by Crippen LogP contribution is 2.75. The largest absolute Gasteiger partial charge is 0.462 e. The molecule has 2 aromatic carbocycles.